The third-order valence-corrected chi connectivity index (χ3v) is 4.52. The van der Waals surface area contributed by atoms with Crippen LogP contribution < -0.4 is 19.5 Å². The van der Waals surface area contributed by atoms with Gasteiger partial charge in [0.25, 0.3) is 0 Å². The molecule has 1 heterocycles. The van der Waals surface area contributed by atoms with Gasteiger partial charge in [0.2, 0.25) is 5.75 Å². The monoisotopic (exact) mass is 468 g/mol. The molecule has 3 rings (SSSR count). The van der Waals surface area contributed by atoms with Crippen molar-refractivity contribution in [2.75, 3.05) is 6.61 Å². The lowest BCUT2D eigenvalue weighted by Crippen LogP contribution is -2.34. The molecule has 1 unspecified atom stereocenters. The number of benzene rings is 1. The second kappa shape index (κ2) is 10.1. The number of ether oxygens (including phenoxy) is 4. The standard InChI is InChI=1S/C22H26F2N2O7/c1-12(26-21(28)33-22(2,3)4)14-7-8-16(31-19(27)15-10-29-11-25-15)18(17(14)32-20(23)24)30-9-13-5-6-13/h7-8,10-13,20H,5-6,9H2,1-4H3,(H,26,28). The normalized spacial score (nSPS) is 14.5. The largest absolute Gasteiger partial charge is 0.486 e. The number of aromatic nitrogens is 1. The van der Waals surface area contributed by atoms with E-state index in [4.69, 9.17) is 23.4 Å². The number of carbonyl (C=O) groups excluding carboxylic acids is 2. The molecule has 33 heavy (non-hydrogen) atoms. The SMILES string of the molecule is CC(NC(=O)OC(C)(C)C)c1ccc(OC(=O)c2cocn2)c(OCC2CC2)c1OC(F)F. The predicted molar refractivity (Wildman–Crippen MR) is 111 cm³/mol. The molecule has 11 heteroatoms. The highest BCUT2D eigenvalue weighted by atomic mass is 19.3. The summed E-state index contributed by atoms with van der Waals surface area (Å²) in [4.78, 5) is 28.2. The van der Waals surface area contributed by atoms with E-state index in [1.165, 1.54) is 12.1 Å². The van der Waals surface area contributed by atoms with E-state index >= 15 is 0 Å². The molecule has 1 N–H and O–H groups in total. The van der Waals surface area contributed by atoms with Crippen LogP contribution in [-0.4, -0.2) is 35.9 Å². The third kappa shape index (κ3) is 7.06. The number of halogens is 2. The second-order valence-electron chi connectivity index (χ2n) is 8.58. The molecule has 1 aromatic carbocycles. The first-order chi connectivity index (χ1) is 15.5. The smallest absolute Gasteiger partial charge is 0.408 e. The van der Waals surface area contributed by atoms with Crippen molar-refractivity contribution in [3.8, 4) is 17.2 Å². The molecule has 1 aliphatic rings. The molecule has 1 atom stereocenters. The van der Waals surface area contributed by atoms with Crippen molar-refractivity contribution >= 4 is 12.1 Å². The fourth-order valence-corrected chi connectivity index (χ4v) is 2.84. The summed E-state index contributed by atoms with van der Waals surface area (Å²) in [7, 11) is 0. The quantitative estimate of drug-likeness (QED) is 0.410. The summed E-state index contributed by atoms with van der Waals surface area (Å²) < 4.78 is 52.5. The number of rotatable bonds is 9. The summed E-state index contributed by atoms with van der Waals surface area (Å²) in [5.41, 5.74) is -0.666. The molecule has 0 spiro atoms. The van der Waals surface area contributed by atoms with Gasteiger partial charge in [0.15, 0.2) is 23.6 Å². The van der Waals surface area contributed by atoms with Gasteiger partial charge >= 0.3 is 18.7 Å². The van der Waals surface area contributed by atoms with Gasteiger partial charge in [-0.3, -0.25) is 0 Å². The molecule has 2 aromatic rings. The number of oxazole rings is 1. The fraction of sp³-hybridized carbons (Fsp3) is 0.500. The van der Waals surface area contributed by atoms with Crippen molar-refractivity contribution in [3.63, 3.8) is 0 Å². The summed E-state index contributed by atoms with van der Waals surface area (Å²) in [5, 5.41) is 2.58. The Balaban J connectivity index is 1.93. The van der Waals surface area contributed by atoms with E-state index in [0.29, 0.717) is 0 Å². The molecule has 0 saturated heterocycles. The number of hydrogen-bond acceptors (Lipinski definition) is 8. The number of nitrogens with zero attached hydrogens (tertiary/aromatic N) is 1. The van der Waals surface area contributed by atoms with Gasteiger partial charge in [0.1, 0.15) is 11.9 Å². The third-order valence-electron chi connectivity index (χ3n) is 4.52. The maximum atomic E-state index is 13.3. The van der Waals surface area contributed by atoms with Crippen molar-refractivity contribution in [1.82, 2.24) is 10.3 Å². The van der Waals surface area contributed by atoms with E-state index in [-0.39, 0.29) is 41.0 Å². The number of nitrogens with one attached hydrogen (secondary N) is 1. The van der Waals surface area contributed by atoms with Gasteiger partial charge in [-0.05, 0) is 58.6 Å². The highest BCUT2D eigenvalue weighted by molar-refractivity contribution is 5.89. The number of alkyl carbamates (subject to hydrolysis) is 1. The predicted octanol–water partition coefficient (Wildman–Crippen LogP) is 4.87. The lowest BCUT2D eigenvalue weighted by Gasteiger charge is -2.24. The lowest BCUT2D eigenvalue weighted by atomic mass is 10.1. The molecule has 9 nitrogen and oxygen atoms in total. The average molecular weight is 468 g/mol. The minimum atomic E-state index is -3.19. The van der Waals surface area contributed by atoms with Crippen molar-refractivity contribution in [2.24, 2.45) is 5.92 Å². The maximum absolute atomic E-state index is 13.3. The van der Waals surface area contributed by atoms with Gasteiger partial charge in [-0.2, -0.15) is 8.78 Å². The van der Waals surface area contributed by atoms with E-state index in [9.17, 15) is 18.4 Å². The van der Waals surface area contributed by atoms with Gasteiger partial charge in [-0.15, -0.1) is 0 Å². The first kappa shape index (κ1) is 24.3. The number of carbonyl (C=O) groups is 2. The van der Waals surface area contributed by atoms with E-state index in [1.807, 2.05) is 0 Å². The topological polar surface area (TPSA) is 109 Å². The molecule has 0 aliphatic heterocycles. The average Bonchev–Trinajstić information content (AvgIpc) is 3.35. The second-order valence-corrected chi connectivity index (χ2v) is 8.58. The molecule has 180 valence electrons. The van der Waals surface area contributed by atoms with Gasteiger partial charge in [0.05, 0.1) is 12.6 Å². The van der Waals surface area contributed by atoms with Gasteiger partial charge in [0, 0.05) is 5.56 Å². The van der Waals surface area contributed by atoms with Crippen LogP contribution in [-0.2, 0) is 4.74 Å². The minimum absolute atomic E-state index is 0.108. The van der Waals surface area contributed by atoms with Crippen molar-refractivity contribution in [1.29, 1.82) is 0 Å². The zero-order valence-corrected chi connectivity index (χ0v) is 18.7. The zero-order valence-electron chi connectivity index (χ0n) is 18.7. The molecule has 1 aliphatic carbocycles. The fourth-order valence-electron chi connectivity index (χ4n) is 2.84. The van der Waals surface area contributed by atoms with Crippen LogP contribution in [0.1, 0.15) is 62.6 Å². The van der Waals surface area contributed by atoms with Gasteiger partial charge < -0.3 is 28.7 Å². The number of hydrogen-bond donors (Lipinski definition) is 1. The highest BCUT2D eigenvalue weighted by Crippen LogP contribution is 2.45. The van der Waals surface area contributed by atoms with Crippen LogP contribution in [0.15, 0.2) is 29.2 Å². The van der Waals surface area contributed by atoms with Crippen molar-refractivity contribution < 1.29 is 41.7 Å². The Morgan fingerprint density at radius 1 is 1.24 bits per heavy atom. The summed E-state index contributed by atoms with van der Waals surface area (Å²) >= 11 is 0. The Morgan fingerprint density at radius 3 is 2.55 bits per heavy atom. The molecule has 1 aromatic heterocycles. The number of amides is 1. The van der Waals surface area contributed by atoms with Crippen LogP contribution in [0.2, 0.25) is 0 Å². The van der Waals surface area contributed by atoms with E-state index in [1.54, 1.807) is 27.7 Å². The van der Waals surface area contributed by atoms with Crippen LogP contribution >= 0.6 is 0 Å². The van der Waals surface area contributed by atoms with E-state index < -0.39 is 30.3 Å². The molecule has 1 fully saturated rings. The Morgan fingerprint density at radius 2 is 1.97 bits per heavy atom. The summed E-state index contributed by atoms with van der Waals surface area (Å²) in [6.07, 6.45) is 3.29. The van der Waals surface area contributed by atoms with Crippen LogP contribution in [0.4, 0.5) is 13.6 Å². The molecule has 0 radical (unpaired) electrons. The van der Waals surface area contributed by atoms with Gasteiger partial charge in [-0.25, -0.2) is 14.6 Å². The molecular formula is C22H26F2N2O7. The van der Waals surface area contributed by atoms with E-state index in [2.05, 4.69) is 10.3 Å². The maximum Gasteiger partial charge on any atom is 0.408 e. The minimum Gasteiger partial charge on any atom is -0.486 e. The summed E-state index contributed by atoms with van der Waals surface area (Å²) in [6.45, 7) is 3.70. The Hall–Kier alpha value is -3.37. The highest BCUT2D eigenvalue weighted by Gasteiger charge is 2.29. The molecule has 0 bridgehead atoms. The van der Waals surface area contributed by atoms with Crippen molar-refractivity contribution in [3.05, 3.63) is 36.0 Å². The van der Waals surface area contributed by atoms with Crippen LogP contribution in [0, 0.1) is 5.92 Å². The summed E-state index contributed by atoms with van der Waals surface area (Å²) in [6, 6.07) is 1.98. The van der Waals surface area contributed by atoms with E-state index in [0.717, 1.165) is 25.5 Å². The summed E-state index contributed by atoms with van der Waals surface area (Å²) in [5.74, 6) is -1.25. The Kier molecular flexibility index (Phi) is 7.39. The number of esters is 1. The van der Waals surface area contributed by atoms with Crippen LogP contribution in [0.5, 0.6) is 17.2 Å². The Bertz CT molecular complexity index is 970. The van der Waals surface area contributed by atoms with Gasteiger partial charge in [-0.1, -0.05) is 0 Å². The molecular weight excluding hydrogens is 442 g/mol. The zero-order chi connectivity index (χ0) is 24.2. The molecule has 1 amide bonds. The lowest BCUT2D eigenvalue weighted by molar-refractivity contribution is -0.0525. The van der Waals surface area contributed by atoms with Crippen molar-refractivity contribution in [2.45, 2.75) is 58.8 Å². The first-order valence-electron chi connectivity index (χ1n) is 10.4. The molecule has 1 saturated carbocycles. The number of alkyl halides is 2. The van der Waals surface area contributed by atoms with Crippen LogP contribution in [0.3, 0.4) is 0 Å². The van der Waals surface area contributed by atoms with Crippen LogP contribution in [0.25, 0.3) is 0 Å². The Labute approximate surface area is 189 Å². The first-order valence-corrected chi connectivity index (χ1v) is 10.4.